The van der Waals surface area contributed by atoms with E-state index in [1.165, 1.54) is 11.5 Å². The topological polar surface area (TPSA) is 94.2 Å². The van der Waals surface area contributed by atoms with E-state index in [1.54, 1.807) is 30.5 Å². The predicted octanol–water partition coefficient (Wildman–Crippen LogP) is 4.20. The van der Waals surface area contributed by atoms with Crippen LogP contribution in [-0.4, -0.2) is 33.2 Å². The quantitative estimate of drug-likeness (QED) is 0.456. The summed E-state index contributed by atoms with van der Waals surface area (Å²) < 4.78 is 63.6. The number of aromatic hydroxyl groups is 1. The first-order chi connectivity index (χ1) is 15.4. The molecule has 4 aromatic rings. The van der Waals surface area contributed by atoms with Crippen LogP contribution in [0.3, 0.4) is 0 Å². The molecule has 2 aromatic heterocycles. The van der Waals surface area contributed by atoms with Crippen molar-refractivity contribution in [3.63, 3.8) is 0 Å². The number of nitrogens with zero attached hydrogens (tertiary/aromatic N) is 3. The summed E-state index contributed by atoms with van der Waals surface area (Å²) in [5.41, 5.74) is -4.54. The maximum Gasteiger partial charge on any atom is 0.501 e. The van der Waals surface area contributed by atoms with Crippen molar-refractivity contribution in [2.45, 2.75) is 23.9 Å². The summed E-state index contributed by atoms with van der Waals surface area (Å²) in [5.74, 6) is -0.428. The zero-order chi connectivity index (χ0) is 24.1. The summed E-state index contributed by atoms with van der Waals surface area (Å²) in [4.78, 5) is 16.4. The van der Waals surface area contributed by atoms with Crippen molar-refractivity contribution in [2.24, 2.45) is 0 Å². The van der Waals surface area contributed by atoms with E-state index < -0.39 is 31.8 Å². The molecular weight excluding hydrogens is 483 g/mol. The number of hydrogen-bond donors (Lipinski definition) is 1. The standard InChI is InChI=1S/C21H15ClF3N3O4S/c1-12-19(29)28(15-3-5-16(6-4-15)33(31,32)21(23,24)25)20(30)27(12)11-13-8-9-26-18-7-2-14(22)10-17(13)18/h2-10,29H,11H2,1H3. The average Bonchev–Trinajstić information content (AvgIpc) is 2.96. The molecule has 0 aliphatic carbocycles. The molecule has 0 spiro atoms. The fourth-order valence-electron chi connectivity index (χ4n) is 3.45. The first kappa shape index (κ1) is 22.9. The molecule has 0 aliphatic heterocycles. The van der Waals surface area contributed by atoms with Gasteiger partial charge >= 0.3 is 11.2 Å². The van der Waals surface area contributed by atoms with E-state index in [0.717, 1.165) is 28.8 Å². The van der Waals surface area contributed by atoms with Crippen LogP contribution in [0.5, 0.6) is 5.88 Å². The molecular formula is C21H15ClF3N3O4S. The van der Waals surface area contributed by atoms with Gasteiger partial charge in [-0.25, -0.2) is 17.8 Å². The maximum atomic E-state index is 13.1. The van der Waals surface area contributed by atoms with E-state index in [9.17, 15) is 31.5 Å². The monoisotopic (exact) mass is 497 g/mol. The number of aromatic nitrogens is 3. The largest absolute Gasteiger partial charge is 0.501 e. The minimum Gasteiger partial charge on any atom is -0.493 e. The molecule has 0 atom stereocenters. The second-order valence-corrected chi connectivity index (χ2v) is 9.57. The van der Waals surface area contributed by atoms with Gasteiger partial charge in [-0.15, -0.1) is 0 Å². The highest BCUT2D eigenvalue weighted by atomic mass is 35.5. The molecule has 0 saturated heterocycles. The molecule has 0 radical (unpaired) electrons. The number of sulfone groups is 1. The van der Waals surface area contributed by atoms with Gasteiger partial charge in [-0.05, 0) is 61.0 Å². The Hall–Kier alpha value is -3.31. The van der Waals surface area contributed by atoms with Gasteiger partial charge in [0.25, 0.3) is 9.84 Å². The molecule has 0 amide bonds. The van der Waals surface area contributed by atoms with E-state index in [0.29, 0.717) is 21.5 Å². The second-order valence-electron chi connectivity index (χ2n) is 7.19. The smallest absolute Gasteiger partial charge is 0.493 e. The van der Waals surface area contributed by atoms with Crippen molar-refractivity contribution in [3.8, 4) is 11.6 Å². The minimum atomic E-state index is -5.54. The number of imidazole rings is 1. The number of hydrogen-bond acceptors (Lipinski definition) is 5. The van der Waals surface area contributed by atoms with Crippen LogP contribution in [0.15, 0.2) is 64.4 Å². The number of halogens is 4. The lowest BCUT2D eigenvalue weighted by Gasteiger charge is -2.09. The first-order valence-corrected chi connectivity index (χ1v) is 11.2. The van der Waals surface area contributed by atoms with Crippen LogP contribution in [0.2, 0.25) is 5.02 Å². The second kappa shape index (κ2) is 7.92. The Morgan fingerprint density at radius 3 is 2.39 bits per heavy atom. The van der Waals surface area contributed by atoms with Gasteiger partial charge in [-0.1, -0.05) is 11.6 Å². The Morgan fingerprint density at radius 1 is 1.09 bits per heavy atom. The highest BCUT2D eigenvalue weighted by Crippen LogP contribution is 2.31. The third kappa shape index (κ3) is 3.87. The molecule has 172 valence electrons. The van der Waals surface area contributed by atoms with E-state index >= 15 is 0 Å². The Kier molecular flexibility index (Phi) is 5.49. The fourth-order valence-corrected chi connectivity index (χ4v) is 4.38. The van der Waals surface area contributed by atoms with Gasteiger partial charge in [-0.2, -0.15) is 13.2 Å². The van der Waals surface area contributed by atoms with Crippen LogP contribution in [0, 0.1) is 6.92 Å². The van der Waals surface area contributed by atoms with Gasteiger partial charge in [0.05, 0.1) is 28.3 Å². The van der Waals surface area contributed by atoms with Crippen molar-refractivity contribution >= 4 is 32.3 Å². The van der Waals surface area contributed by atoms with Crippen LogP contribution in [0.4, 0.5) is 13.2 Å². The van der Waals surface area contributed by atoms with Crippen LogP contribution < -0.4 is 5.69 Å². The number of fused-ring (bicyclic) bond motifs is 1. The molecule has 7 nitrogen and oxygen atoms in total. The molecule has 4 rings (SSSR count). The van der Waals surface area contributed by atoms with Crippen LogP contribution in [-0.2, 0) is 16.4 Å². The van der Waals surface area contributed by atoms with Gasteiger partial charge < -0.3 is 5.11 Å². The van der Waals surface area contributed by atoms with Crippen molar-refractivity contribution < 1.29 is 26.7 Å². The van der Waals surface area contributed by atoms with E-state index in [4.69, 9.17) is 11.6 Å². The molecule has 12 heteroatoms. The van der Waals surface area contributed by atoms with Crippen molar-refractivity contribution in [2.75, 3.05) is 0 Å². The lowest BCUT2D eigenvalue weighted by Crippen LogP contribution is -2.25. The Bertz CT molecular complexity index is 1540. The molecule has 0 bridgehead atoms. The van der Waals surface area contributed by atoms with Gasteiger partial charge in [0.1, 0.15) is 0 Å². The minimum absolute atomic E-state index is 0.00288. The zero-order valence-electron chi connectivity index (χ0n) is 16.8. The number of alkyl halides is 3. The van der Waals surface area contributed by atoms with Crippen LogP contribution in [0.1, 0.15) is 11.3 Å². The average molecular weight is 498 g/mol. The SMILES string of the molecule is Cc1c(O)n(-c2ccc(S(=O)(=O)C(F)(F)F)cc2)c(=O)n1Cc1ccnc2ccc(Cl)cc12. The molecule has 2 heterocycles. The summed E-state index contributed by atoms with van der Waals surface area (Å²) in [6.45, 7) is 1.57. The summed E-state index contributed by atoms with van der Waals surface area (Å²) in [7, 11) is -5.54. The lowest BCUT2D eigenvalue weighted by molar-refractivity contribution is -0.0436. The van der Waals surface area contributed by atoms with E-state index in [-0.39, 0.29) is 17.9 Å². The van der Waals surface area contributed by atoms with Crippen LogP contribution >= 0.6 is 11.6 Å². The number of pyridine rings is 1. The summed E-state index contributed by atoms with van der Waals surface area (Å²) >= 11 is 6.08. The molecule has 0 fully saturated rings. The Balaban J connectivity index is 1.78. The highest BCUT2D eigenvalue weighted by molar-refractivity contribution is 7.92. The summed E-state index contributed by atoms with van der Waals surface area (Å²) in [5, 5.41) is 11.8. The molecule has 0 aliphatic rings. The fraction of sp³-hybridized carbons (Fsp3) is 0.143. The molecule has 1 N–H and O–H groups in total. The summed E-state index contributed by atoms with van der Waals surface area (Å²) in [6.07, 6.45) is 1.57. The molecule has 33 heavy (non-hydrogen) atoms. The molecule has 2 aromatic carbocycles. The van der Waals surface area contributed by atoms with Crippen molar-refractivity contribution in [3.05, 3.63) is 81.5 Å². The van der Waals surface area contributed by atoms with Gasteiger partial charge in [0, 0.05) is 16.6 Å². The Labute approximate surface area is 190 Å². The normalized spacial score (nSPS) is 12.4. The third-order valence-electron chi connectivity index (χ3n) is 5.19. The van der Waals surface area contributed by atoms with E-state index in [2.05, 4.69) is 4.98 Å². The summed E-state index contributed by atoms with van der Waals surface area (Å²) in [6, 6.07) is 10.3. The van der Waals surface area contributed by atoms with Gasteiger partial charge in [0.2, 0.25) is 5.88 Å². The molecule has 0 unspecified atom stereocenters. The van der Waals surface area contributed by atoms with Crippen molar-refractivity contribution in [1.29, 1.82) is 0 Å². The Morgan fingerprint density at radius 2 is 1.76 bits per heavy atom. The molecule has 0 saturated carbocycles. The lowest BCUT2D eigenvalue weighted by atomic mass is 10.1. The third-order valence-corrected chi connectivity index (χ3v) is 6.93. The first-order valence-electron chi connectivity index (χ1n) is 9.38. The highest BCUT2D eigenvalue weighted by Gasteiger charge is 2.46. The van der Waals surface area contributed by atoms with E-state index in [1.807, 2.05) is 0 Å². The zero-order valence-corrected chi connectivity index (χ0v) is 18.4. The number of benzene rings is 2. The van der Waals surface area contributed by atoms with Gasteiger partial charge in [0.15, 0.2) is 0 Å². The predicted molar refractivity (Wildman–Crippen MR) is 116 cm³/mol. The number of rotatable bonds is 4. The van der Waals surface area contributed by atoms with Crippen molar-refractivity contribution in [1.82, 2.24) is 14.1 Å². The van der Waals surface area contributed by atoms with Crippen LogP contribution in [0.25, 0.3) is 16.6 Å². The van der Waals surface area contributed by atoms with Gasteiger partial charge in [-0.3, -0.25) is 9.55 Å². The maximum absolute atomic E-state index is 13.1.